The van der Waals surface area contributed by atoms with E-state index in [9.17, 15) is 0 Å². The molecule has 4 aromatic heterocycles. The third-order valence-corrected chi connectivity index (χ3v) is 11.7. The van der Waals surface area contributed by atoms with Gasteiger partial charge < -0.3 is 0 Å². The molecule has 0 fully saturated rings. The van der Waals surface area contributed by atoms with Crippen LogP contribution in [0, 0.1) is 22.9 Å². The van der Waals surface area contributed by atoms with Gasteiger partial charge in [-0.3, -0.25) is 4.98 Å². The summed E-state index contributed by atoms with van der Waals surface area (Å²) in [5.41, 5.74) is 12.0. The summed E-state index contributed by atoms with van der Waals surface area (Å²) >= 11 is 2.48. The van der Waals surface area contributed by atoms with Crippen LogP contribution in [0.5, 0.6) is 11.5 Å². The van der Waals surface area contributed by atoms with Gasteiger partial charge in [-0.2, -0.15) is 0 Å². The number of imidazole rings is 1. The third kappa shape index (κ3) is 6.46. The number of ether oxygens (including phenoxy) is 1. The summed E-state index contributed by atoms with van der Waals surface area (Å²) in [6.07, 6.45) is 5.60. The van der Waals surface area contributed by atoms with Gasteiger partial charge in [0.05, 0.1) is 0 Å². The fraction of sp³-hybridized carbons (Fsp3) is 0.180. The van der Waals surface area contributed by atoms with Crippen LogP contribution < -0.4 is 4.74 Å². The number of aromatic nitrogens is 5. The molecule has 0 aliphatic carbocycles. The van der Waals surface area contributed by atoms with E-state index in [0.29, 0.717) is 11.5 Å². The Morgan fingerprint density at radius 1 is 0.614 bits per heavy atom. The van der Waals surface area contributed by atoms with Gasteiger partial charge in [0.25, 0.3) is 0 Å². The Balaban J connectivity index is 1.15. The Morgan fingerprint density at radius 3 is 1.96 bits per heavy atom. The van der Waals surface area contributed by atoms with E-state index in [4.69, 9.17) is 9.72 Å². The van der Waals surface area contributed by atoms with E-state index in [1.54, 1.807) is 6.20 Å². The number of nitrogens with zero attached hydrogens (tertiary/aromatic N) is 5. The average molecular weight is 925 g/mol. The summed E-state index contributed by atoms with van der Waals surface area (Å²) in [5.74, 6) is 2.02. The van der Waals surface area contributed by atoms with Crippen molar-refractivity contribution in [2.75, 3.05) is 0 Å². The van der Waals surface area contributed by atoms with Crippen LogP contribution in [0.1, 0.15) is 58.2 Å². The number of fused-ring (bicyclic) bond motifs is 4. The number of hydrogen-bond donors (Lipinski definition) is 0. The van der Waals surface area contributed by atoms with Crippen molar-refractivity contribution in [1.82, 2.24) is 23.7 Å². The second kappa shape index (κ2) is 14.0. The fourth-order valence-electron chi connectivity index (χ4n) is 7.95. The molecule has 0 saturated heterocycles. The number of rotatable bonds is 6. The molecule has 0 N–H and O–H groups in total. The maximum atomic E-state index is 6.63. The molecule has 7 heteroatoms. The van der Waals surface area contributed by atoms with Crippen molar-refractivity contribution in [2.45, 2.75) is 59.3 Å². The molecular formula is C50H43N5OPt-2. The van der Waals surface area contributed by atoms with E-state index in [1.165, 1.54) is 16.8 Å². The molecule has 5 aromatic carbocycles. The van der Waals surface area contributed by atoms with E-state index in [1.807, 2.05) is 36.7 Å². The molecule has 0 bridgehead atoms. The summed E-state index contributed by atoms with van der Waals surface area (Å²) < 4.78 is 14.6. The predicted octanol–water partition coefficient (Wildman–Crippen LogP) is 12.4. The number of aryl methyl sites for hydroxylation is 1. The molecule has 9 rings (SSSR count). The number of hydrogen-bond acceptors (Lipinski definition) is 3. The van der Waals surface area contributed by atoms with Gasteiger partial charge in [0.15, 0.2) is 0 Å². The van der Waals surface area contributed by atoms with Crippen molar-refractivity contribution < 1.29 is 24.1 Å². The number of pyridine rings is 2. The Hall–Kier alpha value is -5.84. The van der Waals surface area contributed by atoms with E-state index < -0.39 is 0 Å². The second-order valence-corrected chi connectivity index (χ2v) is 17.7. The zero-order valence-electron chi connectivity index (χ0n) is 33.2. The summed E-state index contributed by atoms with van der Waals surface area (Å²) in [4.78, 5) is 9.29. The number of benzene rings is 5. The molecule has 0 spiro atoms. The fourth-order valence-corrected chi connectivity index (χ4v) is 9.03. The van der Waals surface area contributed by atoms with Gasteiger partial charge in [0, 0.05) is 29.7 Å². The monoisotopic (exact) mass is 924 g/mol. The summed E-state index contributed by atoms with van der Waals surface area (Å²) in [5, 5.41) is 2.21. The predicted molar refractivity (Wildman–Crippen MR) is 228 cm³/mol. The molecule has 9 aromatic rings. The van der Waals surface area contributed by atoms with Crippen LogP contribution in [0.3, 0.4) is 0 Å². The first kappa shape index (κ1) is 36.8. The van der Waals surface area contributed by atoms with Crippen LogP contribution in [0.2, 0.25) is 0 Å². The Labute approximate surface area is 344 Å². The Morgan fingerprint density at radius 2 is 1.28 bits per heavy atom. The first-order valence-corrected chi connectivity index (χ1v) is 20.4. The van der Waals surface area contributed by atoms with Gasteiger partial charge in [-0.05, 0) is 18.6 Å². The van der Waals surface area contributed by atoms with E-state index in [2.05, 4.69) is 190 Å². The van der Waals surface area contributed by atoms with Crippen molar-refractivity contribution in [3.8, 4) is 39.8 Å². The summed E-state index contributed by atoms with van der Waals surface area (Å²) in [7, 11) is 0. The van der Waals surface area contributed by atoms with Crippen molar-refractivity contribution in [3.63, 3.8) is 0 Å². The molecular weight excluding hydrogens is 882 g/mol. The van der Waals surface area contributed by atoms with E-state index in [-0.39, 0.29) is 10.8 Å². The van der Waals surface area contributed by atoms with E-state index in [0.717, 1.165) is 64.8 Å². The van der Waals surface area contributed by atoms with Crippen molar-refractivity contribution in [2.24, 2.45) is 0 Å². The summed E-state index contributed by atoms with van der Waals surface area (Å²) in [6, 6.07) is 47.4. The zero-order chi connectivity index (χ0) is 39.6. The normalized spacial score (nSPS) is 12.2. The Kier molecular flexibility index (Phi) is 9.01. The average Bonchev–Trinajstić information content (AvgIpc) is 3.68. The van der Waals surface area contributed by atoms with Crippen molar-refractivity contribution >= 4 is 32.8 Å². The minimum Gasteiger partial charge on any atom is -0.264 e. The maximum absolute atomic E-state index is 6.63. The van der Waals surface area contributed by atoms with Crippen LogP contribution in [-0.2, 0) is 30.2 Å². The molecule has 0 saturated carbocycles. The van der Waals surface area contributed by atoms with Crippen LogP contribution in [-0.4, -0.2) is 23.7 Å². The van der Waals surface area contributed by atoms with Crippen molar-refractivity contribution in [1.29, 1.82) is 0 Å². The summed E-state index contributed by atoms with van der Waals surface area (Å²) in [6.45, 7) is 15.9. The van der Waals surface area contributed by atoms with Crippen LogP contribution in [0.4, 0.5) is 0 Å². The standard InChI is InChI=1S/C50H43N5O.Pt/c1-33-27-47(52-31-40(33)34-15-14-26-51-30-34)55-43-21-9-8-18-38(43)39-25-24-37(29-46(39)55)56-36-17-12-16-35(28-36)53-32-54(45-23-11-10-22-44(45)53)48-41(49(2,3)4)19-13-20-42(48)50(5,6)7;/h8-27,30-31H,1-7H3;/q-2;. The van der Waals surface area contributed by atoms with Gasteiger partial charge in [0.2, 0.25) is 0 Å². The van der Waals surface area contributed by atoms with Gasteiger partial charge in [-0.25, -0.2) is 0 Å². The zero-order valence-corrected chi connectivity index (χ0v) is 35.4. The molecule has 4 heterocycles. The molecule has 0 aliphatic heterocycles. The van der Waals surface area contributed by atoms with Gasteiger partial charge in [-0.15, -0.1) is 0 Å². The molecule has 0 unspecified atom stereocenters. The van der Waals surface area contributed by atoms with Crippen LogP contribution in [0.25, 0.3) is 61.2 Å². The first-order valence-electron chi connectivity index (χ1n) is 19.2. The molecule has 0 radical (unpaired) electrons. The minimum absolute atomic E-state index is 0.0719. The topological polar surface area (TPSA) is 49.8 Å². The third-order valence-electron chi connectivity index (χ3n) is 10.6. The molecule has 57 heavy (non-hydrogen) atoms. The van der Waals surface area contributed by atoms with Crippen LogP contribution in [0.15, 0.2) is 134 Å². The smallest absolute Gasteiger partial charge is 0.264 e. The quantitative estimate of drug-likeness (QED) is 0.156. The number of para-hydroxylation sites is 4. The molecule has 0 amide bonds. The van der Waals surface area contributed by atoms with Crippen LogP contribution >= 0.6 is 0 Å². The van der Waals surface area contributed by atoms with Gasteiger partial charge in [0.1, 0.15) is 0 Å². The molecule has 0 atom stereocenters. The van der Waals surface area contributed by atoms with E-state index >= 15 is 0 Å². The minimum atomic E-state index is -0.0719. The SMILES string of the molecule is Cc1cc(-n2c3[c-]c(Oc4[c-]c(-n5[c](=[Pt])n(-c6c(C(C)(C)C)cccc6C(C)(C)C)c6ccccc65)ccc4)ccc3c3ccccc32)ncc1-c1cccnc1. The Bertz CT molecular complexity index is 3020. The molecule has 0 aliphatic rings. The van der Waals surface area contributed by atoms with Gasteiger partial charge >= 0.3 is 275 Å². The molecule has 286 valence electrons. The van der Waals surface area contributed by atoms with Crippen molar-refractivity contribution in [3.05, 3.63) is 166 Å². The first-order chi connectivity index (χ1) is 27.4. The second-order valence-electron chi connectivity index (χ2n) is 16.6. The molecule has 6 nitrogen and oxygen atoms in total. The van der Waals surface area contributed by atoms with Gasteiger partial charge in [-0.1, -0.05) is 18.2 Å².